The number of amides is 1. The molecule has 0 aromatic rings. The number of rotatable bonds is 16. The van der Waals surface area contributed by atoms with E-state index >= 15 is 0 Å². The second-order valence-electron chi connectivity index (χ2n) is 6.99. The summed E-state index contributed by atoms with van der Waals surface area (Å²) in [5, 5.41) is 11.9. The molecule has 0 heterocycles. The van der Waals surface area contributed by atoms with Crippen molar-refractivity contribution < 1.29 is 9.90 Å². The van der Waals surface area contributed by atoms with Crippen molar-refractivity contribution in [2.45, 2.75) is 116 Å². The van der Waals surface area contributed by atoms with Crippen molar-refractivity contribution in [2.24, 2.45) is 0 Å². The fraction of sp³-hybridized carbons (Fsp3) is 0.864. The number of unbranched alkanes of at least 4 members (excludes halogenated alkanes) is 11. The summed E-state index contributed by atoms with van der Waals surface area (Å²) in [4.78, 5) is 11.7. The van der Waals surface area contributed by atoms with Crippen molar-refractivity contribution in [3.05, 3.63) is 0 Å². The van der Waals surface area contributed by atoms with E-state index in [0.717, 1.165) is 32.1 Å². The molecule has 1 amide bonds. The predicted octanol–water partition coefficient (Wildman–Crippen LogP) is 5.36. The topological polar surface area (TPSA) is 49.3 Å². The highest BCUT2D eigenvalue weighted by Crippen LogP contribution is 2.08. The van der Waals surface area contributed by atoms with Crippen molar-refractivity contribution in [1.82, 2.24) is 5.32 Å². The summed E-state index contributed by atoms with van der Waals surface area (Å²) in [6.07, 6.45) is 17.1. The average Bonchev–Trinajstić information content (AvgIpc) is 2.62. The number of aliphatic hydroxyl groups excluding tert-OH is 1. The van der Waals surface area contributed by atoms with E-state index in [4.69, 9.17) is 5.11 Å². The Morgan fingerprint density at radius 1 is 0.840 bits per heavy atom. The third-order valence-corrected chi connectivity index (χ3v) is 4.56. The van der Waals surface area contributed by atoms with Crippen LogP contribution >= 0.6 is 0 Å². The first-order chi connectivity index (χ1) is 12.2. The molecule has 0 saturated carbocycles. The number of hydrogen-bond donors (Lipinski definition) is 2. The number of nitrogens with one attached hydrogen (secondary N) is 1. The summed E-state index contributed by atoms with van der Waals surface area (Å²) in [7, 11) is 0. The van der Waals surface area contributed by atoms with Gasteiger partial charge in [0.15, 0.2) is 0 Å². The zero-order chi connectivity index (χ0) is 18.6. The molecular formula is C22H41NO2. The Kier molecular flexibility index (Phi) is 18.5. The van der Waals surface area contributed by atoms with Crippen LogP contribution in [0.3, 0.4) is 0 Å². The minimum Gasteiger partial charge on any atom is -0.394 e. The molecule has 3 heteroatoms. The molecule has 25 heavy (non-hydrogen) atoms. The summed E-state index contributed by atoms with van der Waals surface area (Å²) < 4.78 is 0. The maximum atomic E-state index is 11.7. The van der Waals surface area contributed by atoms with E-state index in [2.05, 4.69) is 24.1 Å². The van der Waals surface area contributed by atoms with Crippen LogP contribution in [0.1, 0.15) is 110 Å². The molecule has 0 aliphatic heterocycles. The van der Waals surface area contributed by atoms with Crippen molar-refractivity contribution in [1.29, 1.82) is 0 Å². The molecule has 0 aromatic carbocycles. The average molecular weight is 352 g/mol. The first kappa shape index (κ1) is 24.0. The fourth-order valence-corrected chi connectivity index (χ4v) is 2.78. The van der Waals surface area contributed by atoms with Gasteiger partial charge in [0.2, 0.25) is 5.91 Å². The van der Waals surface area contributed by atoms with Gasteiger partial charge in [-0.25, -0.2) is 0 Å². The molecule has 0 aliphatic rings. The van der Waals surface area contributed by atoms with Crippen LogP contribution in [0, 0.1) is 11.8 Å². The molecule has 0 fully saturated rings. The molecule has 0 rings (SSSR count). The largest absolute Gasteiger partial charge is 0.394 e. The summed E-state index contributed by atoms with van der Waals surface area (Å²) in [6, 6.07) is -0.0811. The van der Waals surface area contributed by atoms with E-state index in [-0.39, 0.29) is 18.6 Å². The fourth-order valence-electron chi connectivity index (χ4n) is 2.78. The van der Waals surface area contributed by atoms with Crippen molar-refractivity contribution in [3.63, 3.8) is 0 Å². The zero-order valence-electron chi connectivity index (χ0n) is 16.7. The van der Waals surface area contributed by atoms with Gasteiger partial charge in [0.1, 0.15) is 0 Å². The summed E-state index contributed by atoms with van der Waals surface area (Å²) in [6.45, 7) is 4.25. The monoisotopic (exact) mass is 351 g/mol. The normalized spacial score (nSPS) is 11.6. The SMILES string of the molecule is CCCCCCCCC#CCCCCCCCC(=O)NC(CC)CO. The summed E-state index contributed by atoms with van der Waals surface area (Å²) in [5.41, 5.74) is 0. The second kappa shape index (κ2) is 19.3. The van der Waals surface area contributed by atoms with Crippen molar-refractivity contribution >= 4 is 5.91 Å². The van der Waals surface area contributed by atoms with E-state index in [1.165, 1.54) is 57.8 Å². The van der Waals surface area contributed by atoms with Crippen molar-refractivity contribution in [3.8, 4) is 11.8 Å². The Morgan fingerprint density at radius 3 is 1.88 bits per heavy atom. The van der Waals surface area contributed by atoms with Crippen LogP contribution in [-0.4, -0.2) is 23.7 Å². The lowest BCUT2D eigenvalue weighted by molar-refractivity contribution is -0.122. The first-order valence-corrected chi connectivity index (χ1v) is 10.6. The number of carbonyl (C=O) groups is 1. The van der Waals surface area contributed by atoms with Crippen LogP contribution < -0.4 is 5.32 Å². The Hall–Kier alpha value is -1.01. The van der Waals surface area contributed by atoms with Crippen LogP contribution in [0.25, 0.3) is 0 Å². The Labute approximate surface area is 156 Å². The van der Waals surface area contributed by atoms with Gasteiger partial charge in [-0.05, 0) is 25.7 Å². The third-order valence-electron chi connectivity index (χ3n) is 4.56. The maximum absolute atomic E-state index is 11.7. The van der Waals surface area contributed by atoms with Gasteiger partial charge in [-0.1, -0.05) is 65.2 Å². The third kappa shape index (κ3) is 17.6. The van der Waals surface area contributed by atoms with Gasteiger partial charge in [-0.2, -0.15) is 0 Å². The molecule has 0 radical (unpaired) electrons. The molecule has 1 atom stereocenters. The quantitative estimate of drug-likeness (QED) is 0.290. The molecular weight excluding hydrogens is 310 g/mol. The van der Waals surface area contributed by atoms with Gasteiger partial charge in [0.05, 0.1) is 12.6 Å². The van der Waals surface area contributed by atoms with E-state index in [9.17, 15) is 4.79 Å². The predicted molar refractivity (Wildman–Crippen MR) is 107 cm³/mol. The Bertz CT molecular complexity index is 353. The molecule has 1 unspecified atom stereocenters. The number of aliphatic hydroxyl groups is 1. The van der Waals surface area contributed by atoms with E-state index < -0.39 is 0 Å². The molecule has 146 valence electrons. The number of hydrogen-bond acceptors (Lipinski definition) is 2. The van der Waals surface area contributed by atoms with Crippen LogP contribution in [0.5, 0.6) is 0 Å². The first-order valence-electron chi connectivity index (χ1n) is 10.6. The Balaban J connectivity index is 3.31. The molecule has 0 spiro atoms. The van der Waals surface area contributed by atoms with E-state index in [0.29, 0.717) is 6.42 Å². The Morgan fingerprint density at radius 2 is 1.36 bits per heavy atom. The van der Waals surface area contributed by atoms with Gasteiger partial charge >= 0.3 is 0 Å². The number of carbonyl (C=O) groups excluding carboxylic acids is 1. The standard InChI is InChI=1S/C22H41NO2/c1-3-5-6-7-8-9-10-11-12-13-14-15-16-17-18-19-22(25)23-21(4-2)20-24/h21,24H,3-10,13-20H2,1-2H3,(H,23,25). The van der Waals surface area contributed by atoms with Gasteiger partial charge in [-0.15, -0.1) is 11.8 Å². The lowest BCUT2D eigenvalue weighted by Gasteiger charge is -2.13. The molecule has 2 N–H and O–H groups in total. The van der Waals surface area contributed by atoms with Crippen LogP contribution in [0.15, 0.2) is 0 Å². The molecule has 0 bridgehead atoms. The van der Waals surface area contributed by atoms with Crippen LogP contribution in [0.2, 0.25) is 0 Å². The maximum Gasteiger partial charge on any atom is 0.220 e. The van der Waals surface area contributed by atoms with Crippen molar-refractivity contribution in [2.75, 3.05) is 6.61 Å². The highest BCUT2D eigenvalue weighted by atomic mass is 16.3. The van der Waals surface area contributed by atoms with E-state index in [1.807, 2.05) is 6.92 Å². The van der Waals surface area contributed by atoms with E-state index in [1.54, 1.807) is 0 Å². The van der Waals surface area contributed by atoms with Gasteiger partial charge in [0, 0.05) is 19.3 Å². The minimum absolute atomic E-state index is 0.0299. The minimum atomic E-state index is -0.0811. The highest BCUT2D eigenvalue weighted by molar-refractivity contribution is 5.76. The van der Waals surface area contributed by atoms with Gasteiger partial charge in [0.25, 0.3) is 0 Å². The highest BCUT2D eigenvalue weighted by Gasteiger charge is 2.08. The van der Waals surface area contributed by atoms with Gasteiger partial charge < -0.3 is 10.4 Å². The molecule has 3 nitrogen and oxygen atoms in total. The lowest BCUT2D eigenvalue weighted by Crippen LogP contribution is -2.36. The molecule has 0 aromatic heterocycles. The lowest BCUT2D eigenvalue weighted by atomic mass is 10.1. The van der Waals surface area contributed by atoms with Crippen LogP contribution in [-0.2, 0) is 4.79 Å². The molecule has 0 saturated heterocycles. The van der Waals surface area contributed by atoms with Gasteiger partial charge in [-0.3, -0.25) is 4.79 Å². The second-order valence-corrected chi connectivity index (χ2v) is 6.99. The zero-order valence-corrected chi connectivity index (χ0v) is 16.7. The summed E-state index contributed by atoms with van der Waals surface area (Å²) in [5.74, 6) is 6.66. The van der Waals surface area contributed by atoms with Crippen LogP contribution in [0.4, 0.5) is 0 Å². The molecule has 0 aliphatic carbocycles. The summed E-state index contributed by atoms with van der Waals surface area (Å²) >= 11 is 0. The smallest absolute Gasteiger partial charge is 0.220 e.